The number of aryl methyl sites for hydroxylation is 1. The van der Waals surface area contributed by atoms with Gasteiger partial charge in [0.15, 0.2) is 0 Å². The smallest absolute Gasteiger partial charge is 0.338 e. The van der Waals surface area contributed by atoms with Crippen LogP contribution in [0, 0.1) is 10.8 Å². The Morgan fingerprint density at radius 2 is 1.87 bits per heavy atom. The highest BCUT2D eigenvalue weighted by molar-refractivity contribution is 5.98. The zero-order chi connectivity index (χ0) is 27.6. The van der Waals surface area contributed by atoms with Gasteiger partial charge in [-0.2, -0.15) is 5.10 Å². The summed E-state index contributed by atoms with van der Waals surface area (Å²) in [6.45, 7) is 10.5. The van der Waals surface area contributed by atoms with E-state index >= 15 is 0 Å². The summed E-state index contributed by atoms with van der Waals surface area (Å²) in [7, 11) is 0. The van der Waals surface area contributed by atoms with Crippen LogP contribution in [0.15, 0.2) is 24.3 Å². The van der Waals surface area contributed by atoms with E-state index in [1.807, 2.05) is 30.4 Å². The quantitative estimate of drug-likeness (QED) is 0.542. The summed E-state index contributed by atoms with van der Waals surface area (Å²) in [5.74, 6) is -0.555. The average molecular weight is 537 g/mol. The second-order valence-corrected chi connectivity index (χ2v) is 12.1. The van der Waals surface area contributed by atoms with Crippen molar-refractivity contribution in [3.63, 3.8) is 0 Å². The molecule has 0 radical (unpaired) electrons. The third-order valence-corrected chi connectivity index (χ3v) is 8.36. The van der Waals surface area contributed by atoms with E-state index in [0.29, 0.717) is 49.5 Å². The van der Waals surface area contributed by atoms with E-state index < -0.39 is 11.4 Å². The van der Waals surface area contributed by atoms with Gasteiger partial charge in [-0.25, -0.2) is 4.79 Å². The normalized spacial score (nSPS) is 18.9. The summed E-state index contributed by atoms with van der Waals surface area (Å²) in [6.07, 6.45) is 5.20. The second-order valence-electron chi connectivity index (χ2n) is 12.1. The van der Waals surface area contributed by atoms with Gasteiger partial charge >= 0.3 is 5.97 Å². The SMILES string of the molecule is CCn1nc(CC(C)(C)COC(=O)c2cccc(C(=O)N3CCCC3)c2)c2c1C(=O)NCC1(CCOCC1)C2. The number of carbonyl (C=O) groups is 3. The molecule has 5 rings (SSSR count). The monoisotopic (exact) mass is 536 g/mol. The van der Waals surface area contributed by atoms with Gasteiger partial charge in [-0.1, -0.05) is 19.9 Å². The first-order valence-electron chi connectivity index (χ1n) is 14.2. The molecule has 2 fully saturated rings. The zero-order valence-electron chi connectivity index (χ0n) is 23.4. The van der Waals surface area contributed by atoms with Crippen molar-refractivity contribution < 1.29 is 23.9 Å². The maximum absolute atomic E-state index is 13.1. The fraction of sp³-hybridized carbons (Fsp3) is 0.600. The minimum absolute atomic E-state index is 0.0242. The number of amides is 2. The fourth-order valence-corrected chi connectivity index (χ4v) is 6.04. The van der Waals surface area contributed by atoms with Crippen LogP contribution in [0.1, 0.15) is 88.9 Å². The Bertz CT molecular complexity index is 1240. The molecule has 3 aliphatic heterocycles. The van der Waals surface area contributed by atoms with Crippen molar-refractivity contribution in [2.24, 2.45) is 10.8 Å². The van der Waals surface area contributed by atoms with E-state index in [1.54, 1.807) is 24.3 Å². The number of hydrogen-bond acceptors (Lipinski definition) is 6. The first-order valence-corrected chi connectivity index (χ1v) is 14.2. The van der Waals surface area contributed by atoms with Crippen molar-refractivity contribution in [2.45, 2.75) is 65.8 Å². The van der Waals surface area contributed by atoms with Gasteiger partial charge in [0.2, 0.25) is 0 Å². The molecule has 1 aromatic carbocycles. The molecule has 2 saturated heterocycles. The van der Waals surface area contributed by atoms with Crippen LogP contribution >= 0.6 is 0 Å². The average Bonchev–Trinajstić information content (AvgIpc) is 3.56. The fourth-order valence-electron chi connectivity index (χ4n) is 6.04. The Kier molecular flexibility index (Phi) is 7.80. The van der Waals surface area contributed by atoms with Crippen LogP contribution in [-0.4, -0.2) is 71.9 Å². The van der Waals surface area contributed by atoms with Crippen molar-refractivity contribution in [3.05, 3.63) is 52.3 Å². The molecule has 9 heteroatoms. The number of hydrogen-bond donors (Lipinski definition) is 1. The number of fused-ring (bicyclic) bond motifs is 1. The van der Waals surface area contributed by atoms with Gasteiger partial charge in [-0.3, -0.25) is 14.3 Å². The number of nitrogens with zero attached hydrogens (tertiary/aromatic N) is 3. The number of rotatable bonds is 7. The molecule has 9 nitrogen and oxygen atoms in total. The molecule has 210 valence electrons. The summed E-state index contributed by atoms with van der Waals surface area (Å²) < 4.78 is 13.2. The Morgan fingerprint density at radius 1 is 1.15 bits per heavy atom. The number of esters is 1. The third-order valence-electron chi connectivity index (χ3n) is 8.36. The van der Waals surface area contributed by atoms with Crippen molar-refractivity contribution in [3.8, 4) is 0 Å². The minimum Gasteiger partial charge on any atom is -0.462 e. The largest absolute Gasteiger partial charge is 0.462 e. The Balaban J connectivity index is 1.30. The van der Waals surface area contributed by atoms with Gasteiger partial charge < -0.3 is 19.7 Å². The number of nitrogens with one attached hydrogen (secondary N) is 1. The van der Waals surface area contributed by atoms with Crippen LogP contribution in [-0.2, 0) is 28.9 Å². The van der Waals surface area contributed by atoms with Gasteiger partial charge in [-0.15, -0.1) is 0 Å². The van der Waals surface area contributed by atoms with Crippen molar-refractivity contribution >= 4 is 17.8 Å². The molecule has 0 atom stereocenters. The van der Waals surface area contributed by atoms with Crippen LogP contribution in [0.5, 0.6) is 0 Å². The molecular formula is C30H40N4O5. The predicted molar refractivity (Wildman–Crippen MR) is 146 cm³/mol. The van der Waals surface area contributed by atoms with Crippen molar-refractivity contribution in [1.82, 2.24) is 20.0 Å². The van der Waals surface area contributed by atoms with Gasteiger partial charge in [0.25, 0.3) is 11.8 Å². The lowest BCUT2D eigenvalue weighted by Crippen LogP contribution is -2.40. The van der Waals surface area contributed by atoms with Gasteiger partial charge in [0, 0.05) is 62.4 Å². The van der Waals surface area contributed by atoms with Crippen LogP contribution in [0.2, 0.25) is 0 Å². The van der Waals surface area contributed by atoms with E-state index in [2.05, 4.69) is 5.32 Å². The Labute approximate surface area is 230 Å². The lowest BCUT2D eigenvalue weighted by atomic mass is 9.74. The van der Waals surface area contributed by atoms with Crippen molar-refractivity contribution in [2.75, 3.05) is 39.5 Å². The maximum atomic E-state index is 13.1. The molecular weight excluding hydrogens is 496 g/mol. The summed E-state index contributed by atoms with van der Waals surface area (Å²) in [5, 5.41) is 8.01. The molecule has 2 aromatic rings. The summed E-state index contributed by atoms with van der Waals surface area (Å²) >= 11 is 0. The molecule has 0 saturated carbocycles. The number of carbonyl (C=O) groups excluding carboxylic acids is 3. The number of benzene rings is 1. The van der Waals surface area contributed by atoms with Gasteiger partial charge in [0.1, 0.15) is 5.69 Å². The van der Waals surface area contributed by atoms with Gasteiger partial charge in [-0.05, 0) is 62.6 Å². The van der Waals surface area contributed by atoms with Crippen LogP contribution < -0.4 is 5.32 Å². The summed E-state index contributed by atoms with van der Waals surface area (Å²) in [4.78, 5) is 40.7. The molecule has 2 amide bonds. The molecule has 0 aliphatic carbocycles. The lowest BCUT2D eigenvalue weighted by Gasteiger charge is -2.36. The first-order chi connectivity index (χ1) is 18.7. The zero-order valence-corrected chi connectivity index (χ0v) is 23.4. The van der Waals surface area contributed by atoms with Crippen LogP contribution in [0.3, 0.4) is 0 Å². The maximum Gasteiger partial charge on any atom is 0.338 e. The van der Waals surface area contributed by atoms with E-state index in [9.17, 15) is 14.4 Å². The summed E-state index contributed by atoms with van der Waals surface area (Å²) in [6, 6.07) is 6.79. The minimum atomic E-state index is -0.447. The van der Waals surface area contributed by atoms with E-state index in [4.69, 9.17) is 14.6 Å². The highest BCUT2D eigenvalue weighted by Crippen LogP contribution is 2.39. The molecule has 0 bridgehead atoms. The van der Waals surface area contributed by atoms with Crippen LogP contribution in [0.25, 0.3) is 0 Å². The molecule has 3 aliphatic rings. The van der Waals surface area contributed by atoms with E-state index in [0.717, 1.165) is 56.5 Å². The number of likely N-dealkylation sites (tertiary alicyclic amines) is 1. The number of ether oxygens (including phenoxy) is 2. The highest BCUT2D eigenvalue weighted by Gasteiger charge is 2.40. The molecule has 1 aromatic heterocycles. The Hall–Kier alpha value is -3.20. The molecule has 4 heterocycles. The molecule has 39 heavy (non-hydrogen) atoms. The van der Waals surface area contributed by atoms with Crippen LogP contribution in [0.4, 0.5) is 0 Å². The third kappa shape index (κ3) is 5.88. The molecule has 1 N–H and O–H groups in total. The number of aromatic nitrogens is 2. The highest BCUT2D eigenvalue weighted by atomic mass is 16.5. The Morgan fingerprint density at radius 3 is 2.59 bits per heavy atom. The van der Waals surface area contributed by atoms with E-state index in [1.165, 1.54) is 0 Å². The van der Waals surface area contributed by atoms with E-state index in [-0.39, 0.29) is 23.8 Å². The second kappa shape index (κ2) is 11.1. The topological polar surface area (TPSA) is 103 Å². The standard InChI is InChI=1S/C30H40N4O5/c1-4-34-25-23(17-30(19-31-26(25)35)10-14-38-15-11-30)24(32-34)18-29(2,3)20-39-28(37)22-9-7-8-21(16-22)27(36)33-12-5-6-13-33/h7-9,16H,4-6,10-15,17-20H2,1-3H3,(H,31,35). The molecule has 0 unspecified atom stereocenters. The van der Waals surface area contributed by atoms with Gasteiger partial charge in [0.05, 0.1) is 17.9 Å². The lowest BCUT2D eigenvalue weighted by molar-refractivity contribution is 0.0159. The first kappa shape index (κ1) is 27.4. The predicted octanol–water partition coefficient (Wildman–Crippen LogP) is 3.65. The van der Waals surface area contributed by atoms with Crippen molar-refractivity contribution in [1.29, 1.82) is 0 Å². The summed E-state index contributed by atoms with van der Waals surface area (Å²) in [5.41, 5.74) is 3.02. The molecule has 1 spiro atoms.